The molecule has 1 amide bonds. The molecule has 1 aliphatic rings. The second kappa shape index (κ2) is 10.2. The number of carbonyl (C=O) groups excluding carboxylic acids is 1. The highest BCUT2D eigenvalue weighted by Crippen LogP contribution is 2.14. The van der Waals surface area contributed by atoms with Crippen LogP contribution in [0, 0.1) is 6.92 Å². The number of rotatable bonds is 6. The number of fused-ring (bicyclic) bond motifs is 1. The topological polar surface area (TPSA) is 94.7 Å². The van der Waals surface area contributed by atoms with Crippen LogP contribution in [0.15, 0.2) is 18.3 Å². The Morgan fingerprint density at radius 3 is 2.88 bits per heavy atom. The Morgan fingerprint density at radius 2 is 2.12 bits per heavy atom. The molecule has 0 fully saturated rings. The Bertz CT molecular complexity index is 674. The third-order valence-electron chi connectivity index (χ3n) is 3.88. The van der Waals surface area contributed by atoms with Crippen LogP contribution in [0.2, 0.25) is 0 Å². The van der Waals surface area contributed by atoms with Crippen LogP contribution in [0.4, 0.5) is 5.82 Å². The largest absolute Gasteiger partial charge is 0.370 e. The van der Waals surface area contributed by atoms with E-state index in [9.17, 15) is 4.79 Å². The first kappa shape index (κ1) is 21.2. The van der Waals surface area contributed by atoms with Crippen LogP contribution < -0.4 is 16.0 Å². The summed E-state index contributed by atoms with van der Waals surface area (Å²) in [5, 5.41) is 16.5. The maximum Gasteiger partial charge on any atom is 0.272 e. The molecule has 0 unspecified atom stereocenters. The second-order valence-electron chi connectivity index (χ2n) is 5.71. The molecule has 138 valence electrons. The fourth-order valence-electron chi connectivity index (χ4n) is 2.58. The summed E-state index contributed by atoms with van der Waals surface area (Å²) in [6, 6.07) is 3.97. The summed E-state index contributed by atoms with van der Waals surface area (Å²) in [5.41, 5.74) is 3.72. The van der Waals surface area contributed by atoms with Gasteiger partial charge in [0, 0.05) is 50.1 Å². The van der Waals surface area contributed by atoms with Crippen LogP contribution in [0.1, 0.15) is 33.7 Å². The minimum absolute atomic E-state index is 0. The van der Waals surface area contributed by atoms with Crippen molar-refractivity contribution >= 4 is 36.5 Å². The highest BCUT2D eigenvalue weighted by Gasteiger charge is 2.20. The fourth-order valence-corrected chi connectivity index (χ4v) is 2.58. The Labute approximate surface area is 159 Å². The Hall–Kier alpha value is -1.83. The lowest BCUT2D eigenvalue weighted by Crippen LogP contribution is -2.29. The van der Waals surface area contributed by atoms with Gasteiger partial charge in [-0.1, -0.05) is 6.07 Å². The summed E-state index contributed by atoms with van der Waals surface area (Å²) >= 11 is 0. The van der Waals surface area contributed by atoms with Crippen molar-refractivity contribution in [3.8, 4) is 0 Å². The van der Waals surface area contributed by atoms with Gasteiger partial charge in [0.25, 0.3) is 5.91 Å². The molecule has 3 rings (SSSR count). The molecule has 0 atom stereocenters. The predicted molar refractivity (Wildman–Crippen MR) is 103 cm³/mol. The number of aromatic nitrogens is 3. The number of nitrogens with zero attached hydrogens (tertiary/aromatic N) is 2. The predicted octanol–water partition coefficient (Wildman–Crippen LogP) is 1.83. The van der Waals surface area contributed by atoms with Crippen molar-refractivity contribution in [1.82, 2.24) is 25.8 Å². The molecule has 7 nitrogen and oxygen atoms in total. The number of aryl methyl sites for hydroxylation is 1. The number of anilines is 1. The van der Waals surface area contributed by atoms with Gasteiger partial charge in [-0.05, 0) is 25.0 Å². The van der Waals surface area contributed by atoms with Crippen molar-refractivity contribution in [2.75, 3.05) is 25.0 Å². The number of H-pyrrole nitrogens is 1. The van der Waals surface area contributed by atoms with Crippen molar-refractivity contribution in [2.24, 2.45) is 0 Å². The molecule has 2 aromatic rings. The maximum atomic E-state index is 12.2. The maximum absolute atomic E-state index is 12.2. The minimum Gasteiger partial charge on any atom is -0.370 e. The highest BCUT2D eigenvalue weighted by atomic mass is 35.5. The smallest absolute Gasteiger partial charge is 0.272 e. The number of pyridine rings is 1. The molecule has 1 aliphatic heterocycles. The quantitative estimate of drug-likeness (QED) is 0.568. The summed E-state index contributed by atoms with van der Waals surface area (Å²) < 4.78 is 0. The summed E-state index contributed by atoms with van der Waals surface area (Å²) in [7, 11) is 0. The van der Waals surface area contributed by atoms with Gasteiger partial charge in [-0.15, -0.1) is 24.8 Å². The molecule has 0 spiro atoms. The molecule has 0 aromatic carbocycles. The van der Waals surface area contributed by atoms with E-state index in [2.05, 4.69) is 31.1 Å². The van der Waals surface area contributed by atoms with Crippen molar-refractivity contribution in [3.05, 3.63) is 40.8 Å². The first-order valence-corrected chi connectivity index (χ1v) is 7.95. The van der Waals surface area contributed by atoms with Gasteiger partial charge in [-0.2, -0.15) is 5.10 Å². The first-order valence-electron chi connectivity index (χ1n) is 7.95. The van der Waals surface area contributed by atoms with Gasteiger partial charge < -0.3 is 16.0 Å². The normalized spacial score (nSPS) is 12.4. The van der Waals surface area contributed by atoms with E-state index in [0.29, 0.717) is 18.8 Å². The molecular weight excluding hydrogens is 363 g/mol. The first-order chi connectivity index (χ1) is 11.2. The van der Waals surface area contributed by atoms with Crippen LogP contribution in [0.3, 0.4) is 0 Å². The summed E-state index contributed by atoms with van der Waals surface area (Å²) in [6.07, 6.45) is 3.55. The number of halogens is 2. The van der Waals surface area contributed by atoms with E-state index in [1.54, 1.807) is 0 Å². The molecule has 0 radical (unpaired) electrons. The number of amides is 1. The van der Waals surface area contributed by atoms with Gasteiger partial charge in [0.05, 0.1) is 0 Å². The third kappa shape index (κ3) is 5.59. The number of nitrogens with one attached hydrogen (secondary N) is 4. The van der Waals surface area contributed by atoms with Crippen LogP contribution in [-0.2, 0) is 13.0 Å². The minimum atomic E-state index is -0.111. The van der Waals surface area contributed by atoms with Crippen molar-refractivity contribution < 1.29 is 4.79 Å². The number of hydrogen-bond acceptors (Lipinski definition) is 5. The summed E-state index contributed by atoms with van der Waals surface area (Å²) in [6.45, 7) is 5.00. The van der Waals surface area contributed by atoms with Crippen molar-refractivity contribution in [3.63, 3.8) is 0 Å². The van der Waals surface area contributed by atoms with Crippen LogP contribution in [-0.4, -0.2) is 40.7 Å². The molecule has 2 aromatic heterocycles. The lowest BCUT2D eigenvalue weighted by molar-refractivity contribution is 0.0947. The molecule has 9 heteroatoms. The zero-order valence-corrected chi connectivity index (χ0v) is 15.7. The van der Waals surface area contributed by atoms with Gasteiger partial charge in [0.15, 0.2) is 5.69 Å². The average molecular weight is 387 g/mol. The second-order valence-corrected chi connectivity index (χ2v) is 5.71. The number of carbonyl (C=O) groups is 1. The van der Waals surface area contributed by atoms with E-state index in [0.717, 1.165) is 48.6 Å². The Balaban J connectivity index is 0.00000156. The molecule has 3 heterocycles. The van der Waals surface area contributed by atoms with E-state index in [4.69, 9.17) is 0 Å². The standard InChI is InChI=1S/C16H22N6O.2ClH/c1-11-3-4-14(20-9-11)18-6-2-7-19-16(23)15-12-10-17-8-5-13(12)21-22-15;;/h3-4,9,17H,2,5-8,10H2,1H3,(H,18,20)(H,19,23)(H,21,22);2*1H. The monoisotopic (exact) mass is 386 g/mol. The SMILES string of the molecule is Cc1ccc(NCCCNC(=O)c2n[nH]c3c2CNCC3)nc1.Cl.Cl. The third-order valence-corrected chi connectivity index (χ3v) is 3.88. The molecule has 0 bridgehead atoms. The van der Waals surface area contributed by atoms with E-state index in [1.165, 1.54) is 0 Å². The molecular formula is C16H24Cl2N6O. The fraction of sp³-hybridized carbons (Fsp3) is 0.438. The van der Waals surface area contributed by atoms with Crippen molar-refractivity contribution in [2.45, 2.75) is 26.3 Å². The van der Waals surface area contributed by atoms with Crippen LogP contribution in [0.5, 0.6) is 0 Å². The van der Waals surface area contributed by atoms with E-state index in [-0.39, 0.29) is 30.7 Å². The number of aromatic amines is 1. The van der Waals surface area contributed by atoms with Gasteiger partial charge in [0.1, 0.15) is 5.82 Å². The molecule has 0 saturated heterocycles. The van der Waals surface area contributed by atoms with E-state index in [1.807, 2.05) is 25.3 Å². The Morgan fingerprint density at radius 1 is 1.28 bits per heavy atom. The molecule has 4 N–H and O–H groups in total. The van der Waals surface area contributed by atoms with Crippen molar-refractivity contribution in [1.29, 1.82) is 0 Å². The van der Waals surface area contributed by atoms with Gasteiger partial charge in [-0.25, -0.2) is 4.98 Å². The summed E-state index contributed by atoms with van der Waals surface area (Å²) in [5.74, 6) is 0.744. The average Bonchev–Trinajstić information content (AvgIpc) is 3.00. The molecule has 0 aliphatic carbocycles. The van der Waals surface area contributed by atoms with E-state index < -0.39 is 0 Å². The zero-order valence-electron chi connectivity index (χ0n) is 14.1. The van der Waals surface area contributed by atoms with E-state index >= 15 is 0 Å². The number of hydrogen-bond donors (Lipinski definition) is 4. The lowest BCUT2D eigenvalue weighted by atomic mass is 10.1. The van der Waals surface area contributed by atoms with Gasteiger partial charge in [-0.3, -0.25) is 9.89 Å². The summed E-state index contributed by atoms with van der Waals surface area (Å²) in [4.78, 5) is 16.5. The lowest BCUT2D eigenvalue weighted by Gasteiger charge is -2.12. The zero-order chi connectivity index (χ0) is 16.1. The molecule has 0 saturated carbocycles. The highest BCUT2D eigenvalue weighted by molar-refractivity contribution is 5.94. The van der Waals surface area contributed by atoms with Gasteiger partial charge in [0.2, 0.25) is 0 Å². The van der Waals surface area contributed by atoms with Gasteiger partial charge >= 0.3 is 0 Å². The van der Waals surface area contributed by atoms with Crippen LogP contribution in [0.25, 0.3) is 0 Å². The molecule has 25 heavy (non-hydrogen) atoms. The van der Waals surface area contributed by atoms with Crippen LogP contribution >= 0.6 is 24.8 Å². The Kier molecular flexibility index (Phi) is 8.68.